The van der Waals surface area contributed by atoms with Crippen molar-refractivity contribution in [1.82, 2.24) is 5.32 Å². The number of carbonyl (C=O) groups excluding carboxylic acids is 1. The van der Waals surface area contributed by atoms with Gasteiger partial charge in [-0.2, -0.15) is 0 Å². The Labute approximate surface area is 106 Å². The zero-order valence-corrected chi connectivity index (χ0v) is 10.6. The maximum absolute atomic E-state index is 11.8. The van der Waals surface area contributed by atoms with Crippen LogP contribution in [-0.4, -0.2) is 23.0 Å². The van der Waals surface area contributed by atoms with E-state index in [1.165, 1.54) is 6.26 Å². The molecule has 0 saturated heterocycles. The van der Waals surface area contributed by atoms with Gasteiger partial charge in [-0.3, -0.25) is 9.59 Å². The van der Waals surface area contributed by atoms with E-state index in [0.29, 0.717) is 29.5 Å². The predicted octanol–water partition coefficient (Wildman–Crippen LogP) is 2.03. The standard InChI is InChI=1S/C11H12BrNO4/c12-9-8(3-4-17-9)10(14)13-7-2-1-6(5-7)11(15)16/h3-4,6-7H,1-2,5H2,(H,13,14)(H,15,16). The van der Waals surface area contributed by atoms with Crippen molar-refractivity contribution in [3.63, 3.8) is 0 Å². The number of halogens is 1. The number of hydrogen-bond acceptors (Lipinski definition) is 3. The van der Waals surface area contributed by atoms with Gasteiger partial charge in [0, 0.05) is 6.04 Å². The maximum Gasteiger partial charge on any atom is 0.306 e. The highest BCUT2D eigenvalue weighted by molar-refractivity contribution is 9.10. The maximum atomic E-state index is 11.8. The van der Waals surface area contributed by atoms with E-state index in [-0.39, 0.29) is 17.9 Å². The van der Waals surface area contributed by atoms with Crippen molar-refractivity contribution in [3.8, 4) is 0 Å². The van der Waals surface area contributed by atoms with Crippen LogP contribution in [0, 0.1) is 5.92 Å². The van der Waals surface area contributed by atoms with E-state index >= 15 is 0 Å². The average molecular weight is 302 g/mol. The lowest BCUT2D eigenvalue weighted by Crippen LogP contribution is -2.33. The smallest absolute Gasteiger partial charge is 0.306 e. The lowest BCUT2D eigenvalue weighted by Gasteiger charge is -2.11. The van der Waals surface area contributed by atoms with Gasteiger partial charge in [0.1, 0.15) is 0 Å². The van der Waals surface area contributed by atoms with Crippen molar-refractivity contribution in [2.75, 3.05) is 0 Å². The minimum atomic E-state index is -0.786. The molecule has 1 saturated carbocycles. The lowest BCUT2D eigenvalue weighted by atomic mass is 10.1. The van der Waals surface area contributed by atoms with Crippen molar-refractivity contribution in [2.24, 2.45) is 5.92 Å². The molecule has 0 bridgehead atoms. The van der Waals surface area contributed by atoms with Crippen LogP contribution in [0.2, 0.25) is 0 Å². The third-order valence-corrected chi connectivity index (χ3v) is 3.59. The molecule has 92 valence electrons. The van der Waals surface area contributed by atoms with Crippen LogP contribution in [0.4, 0.5) is 0 Å². The van der Waals surface area contributed by atoms with Gasteiger partial charge in [-0.15, -0.1) is 0 Å². The van der Waals surface area contributed by atoms with E-state index in [9.17, 15) is 9.59 Å². The number of nitrogens with one attached hydrogen (secondary N) is 1. The average Bonchev–Trinajstić information content (AvgIpc) is 2.86. The summed E-state index contributed by atoms with van der Waals surface area (Å²) in [6.45, 7) is 0. The second-order valence-corrected chi connectivity index (χ2v) is 4.85. The van der Waals surface area contributed by atoms with E-state index in [2.05, 4.69) is 21.2 Å². The largest absolute Gasteiger partial charge is 0.481 e. The lowest BCUT2D eigenvalue weighted by molar-refractivity contribution is -0.141. The number of furan rings is 1. The summed E-state index contributed by atoms with van der Waals surface area (Å²) < 4.78 is 5.36. The van der Waals surface area contributed by atoms with Crippen molar-refractivity contribution in [3.05, 3.63) is 22.6 Å². The molecule has 6 heteroatoms. The van der Waals surface area contributed by atoms with Gasteiger partial charge in [-0.25, -0.2) is 0 Å². The molecule has 0 aromatic carbocycles. The van der Waals surface area contributed by atoms with Gasteiger partial charge in [0.05, 0.1) is 17.7 Å². The highest BCUT2D eigenvalue weighted by Crippen LogP contribution is 2.26. The number of amides is 1. The first-order chi connectivity index (χ1) is 8.08. The quantitative estimate of drug-likeness (QED) is 0.895. The molecule has 1 aliphatic rings. The molecule has 2 atom stereocenters. The van der Waals surface area contributed by atoms with Crippen LogP contribution in [0.1, 0.15) is 29.6 Å². The van der Waals surface area contributed by atoms with Crippen LogP contribution in [0.3, 0.4) is 0 Å². The third-order valence-electron chi connectivity index (χ3n) is 2.98. The van der Waals surface area contributed by atoms with Gasteiger partial charge >= 0.3 is 5.97 Å². The first-order valence-electron chi connectivity index (χ1n) is 5.34. The monoisotopic (exact) mass is 301 g/mol. The minimum Gasteiger partial charge on any atom is -0.481 e. The van der Waals surface area contributed by atoms with Crippen LogP contribution >= 0.6 is 15.9 Å². The molecule has 2 unspecified atom stereocenters. The number of carboxylic acid groups (broad SMARTS) is 1. The Morgan fingerprint density at radius 1 is 1.47 bits per heavy atom. The Hall–Kier alpha value is -1.30. The normalized spacial score (nSPS) is 23.6. The predicted molar refractivity (Wildman–Crippen MR) is 62.6 cm³/mol. The molecule has 1 aliphatic carbocycles. The Morgan fingerprint density at radius 3 is 2.76 bits per heavy atom. The van der Waals surface area contributed by atoms with Gasteiger partial charge in [0.2, 0.25) is 0 Å². The summed E-state index contributed by atoms with van der Waals surface area (Å²) in [5.74, 6) is -1.36. The molecule has 1 heterocycles. The van der Waals surface area contributed by atoms with E-state index in [4.69, 9.17) is 9.52 Å². The number of carboxylic acids is 1. The summed E-state index contributed by atoms with van der Waals surface area (Å²) in [7, 11) is 0. The zero-order chi connectivity index (χ0) is 12.4. The summed E-state index contributed by atoms with van der Waals surface area (Å²) in [5, 5.41) is 11.7. The van der Waals surface area contributed by atoms with E-state index in [0.717, 1.165) is 0 Å². The summed E-state index contributed by atoms with van der Waals surface area (Å²) in [4.78, 5) is 22.6. The first-order valence-corrected chi connectivity index (χ1v) is 6.14. The fourth-order valence-corrected chi connectivity index (χ4v) is 2.48. The third kappa shape index (κ3) is 2.69. The van der Waals surface area contributed by atoms with E-state index in [1.54, 1.807) is 6.07 Å². The van der Waals surface area contributed by atoms with E-state index < -0.39 is 5.97 Å². The molecule has 1 fully saturated rings. The topological polar surface area (TPSA) is 79.5 Å². The Balaban J connectivity index is 1.93. The summed E-state index contributed by atoms with van der Waals surface area (Å²) >= 11 is 3.13. The Morgan fingerprint density at radius 2 is 2.24 bits per heavy atom. The first kappa shape index (κ1) is 12.2. The number of hydrogen-bond donors (Lipinski definition) is 2. The Kier molecular flexibility index (Phi) is 3.51. The van der Waals surface area contributed by atoms with Gasteiger partial charge in [0.25, 0.3) is 5.91 Å². The van der Waals surface area contributed by atoms with Gasteiger partial charge in [-0.05, 0) is 41.3 Å². The summed E-state index contributed by atoms with van der Waals surface area (Å²) in [6.07, 6.45) is 3.25. The van der Waals surface area contributed by atoms with Crippen LogP contribution in [0.25, 0.3) is 0 Å². The molecular weight excluding hydrogens is 290 g/mol. The van der Waals surface area contributed by atoms with Crippen LogP contribution in [-0.2, 0) is 4.79 Å². The van der Waals surface area contributed by atoms with Crippen molar-refractivity contribution >= 4 is 27.8 Å². The molecule has 1 amide bonds. The van der Waals surface area contributed by atoms with Crippen LogP contribution in [0.5, 0.6) is 0 Å². The highest BCUT2D eigenvalue weighted by atomic mass is 79.9. The molecule has 0 radical (unpaired) electrons. The van der Waals surface area contributed by atoms with E-state index in [1.807, 2.05) is 0 Å². The molecule has 17 heavy (non-hydrogen) atoms. The fourth-order valence-electron chi connectivity index (χ4n) is 2.06. The molecule has 0 aliphatic heterocycles. The molecule has 1 aromatic rings. The molecule has 1 aromatic heterocycles. The summed E-state index contributed by atoms with van der Waals surface area (Å²) in [5.41, 5.74) is 0.434. The van der Waals surface area contributed by atoms with Gasteiger partial charge in [-0.1, -0.05) is 0 Å². The fraction of sp³-hybridized carbons (Fsp3) is 0.455. The second-order valence-electron chi connectivity index (χ2n) is 4.13. The Bertz CT molecular complexity index is 442. The van der Waals surface area contributed by atoms with Gasteiger partial charge in [0.15, 0.2) is 4.67 Å². The second kappa shape index (κ2) is 4.91. The number of rotatable bonds is 3. The minimum absolute atomic E-state index is 0.0644. The molecule has 2 rings (SSSR count). The molecule has 0 spiro atoms. The van der Waals surface area contributed by atoms with Crippen molar-refractivity contribution in [1.29, 1.82) is 0 Å². The highest BCUT2D eigenvalue weighted by Gasteiger charge is 2.31. The zero-order valence-electron chi connectivity index (χ0n) is 8.98. The number of aliphatic carboxylic acids is 1. The number of carbonyl (C=O) groups is 2. The van der Waals surface area contributed by atoms with Gasteiger partial charge < -0.3 is 14.8 Å². The van der Waals surface area contributed by atoms with Crippen molar-refractivity contribution < 1.29 is 19.1 Å². The molecule has 5 nitrogen and oxygen atoms in total. The van der Waals surface area contributed by atoms with Crippen LogP contribution < -0.4 is 5.32 Å². The summed E-state index contributed by atoms with van der Waals surface area (Å²) in [6, 6.07) is 1.51. The molecular formula is C11H12BrNO4. The van der Waals surface area contributed by atoms with Crippen LogP contribution in [0.15, 0.2) is 21.4 Å². The SMILES string of the molecule is O=C(NC1CCC(C(=O)O)C1)c1ccoc1Br. The molecule has 2 N–H and O–H groups in total. The van der Waals surface area contributed by atoms with Crippen molar-refractivity contribution in [2.45, 2.75) is 25.3 Å².